The van der Waals surface area contributed by atoms with E-state index < -0.39 is 36.0 Å². The van der Waals surface area contributed by atoms with Crippen molar-refractivity contribution in [1.29, 1.82) is 0 Å². The van der Waals surface area contributed by atoms with E-state index in [9.17, 15) is 31.1 Å². The Kier molecular flexibility index (Phi) is 8.23. The van der Waals surface area contributed by atoms with E-state index in [0.717, 1.165) is 30.4 Å². The van der Waals surface area contributed by atoms with E-state index in [1.54, 1.807) is 13.8 Å². The number of hydrogen-bond donors (Lipinski definition) is 0. The van der Waals surface area contributed by atoms with Crippen LogP contribution in [-0.4, -0.2) is 35.6 Å². The molecule has 124 valence electrons. The molecule has 0 rings (SSSR count). The van der Waals surface area contributed by atoms with Crippen LogP contribution in [0.3, 0.4) is 0 Å². The van der Waals surface area contributed by atoms with E-state index in [4.69, 9.17) is 0 Å². The van der Waals surface area contributed by atoms with Gasteiger partial charge in [0, 0.05) is 16.2 Å². The number of Topliss-reactive ketones (excluding diaryl/α,β-unsaturated/α-hetero) is 1. The number of carbonyl (C=O) groups excluding carboxylic acids is 1. The van der Waals surface area contributed by atoms with Crippen LogP contribution in [0.1, 0.15) is 27.2 Å². The van der Waals surface area contributed by atoms with Crippen molar-refractivity contribution in [2.24, 2.45) is 0 Å². The van der Waals surface area contributed by atoms with E-state index in [1.807, 2.05) is 0 Å². The summed E-state index contributed by atoms with van der Waals surface area (Å²) in [5.74, 6) is -10.8. The van der Waals surface area contributed by atoms with Gasteiger partial charge in [0.15, 0.2) is 0 Å². The summed E-state index contributed by atoms with van der Waals surface area (Å²) in [5.41, 5.74) is -1.22. The molecule has 0 heterocycles. The highest BCUT2D eigenvalue weighted by molar-refractivity contribution is 8.22. The lowest BCUT2D eigenvalue weighted by molar-refractivity contribution is -0.247. The second-order valence-electron chi connectivity index (χ2n) is 4.01. The molecular formula is C12H16F6OS2. The van der Waals surface area contributed by atoms with Crippen LogP contribution in [0.4, 0.5) is 26.3 Å². The average Bonchev–Trinajstić information content (AvgIpc) is 2.35. The SMILES string of the molecule is CCSC(SCC)=C(CC(C)=O)C(F)(F)C(F)(F)C(F)F. The minimum absolute atomic E-state index is 0.194. The quantitative estimate of drug-likeness (QED) is 0.529. The van der Waals surface area contributed by atoms with Crippen LogP contribution < -0.4 is 0 Å². The zero-order chi connectivity index (χ0) is 16.8. The van der Waals surface area contributed by atoms with Gasteiger partial charge in [0.05, 0.1) is 0 Å². The molecule has 0 aliphatic carbocycles. The molecular weight excluding hydrogens is 338 g/mol. The molecule has 21 heavy (non-hydrogen) atoms. The minimum Gasteiger partial charge on any atom is -0.300 e. The van der Waals surface area contributed by atoms with Crippen LogP contribution in [-0.2, 0) is 4.79 Å². The third-order valence-electron chi connectivity index (χ3n) is 2.29. The van der Waals surface area contributed by atoms with Crippen molar-refractivity contribution >= 4 is 29.3 Å². The second-order valence-corrected chi connectivity index (χ2v) is 6.82. The molecule has 0 amide bonds. The van der Waals surface area contributed by atoms with Crippen molar-refractivity contribution in [2.75, 3.05) is 11.5 Å². The van der Waals surface area contributed by atoms with Gasteiger partial charge in [-0.3, -0.25) is 4.79 Å². The molecule has 0 bridgehead atoms. The molecule has 0 unspecified atom stereocenters. The molecule has 0 saturated heterocycles. The predicted octanol–water partition coefficient (Wildman–Crippen LogP) is 5.22. The fourth-order valence-corrected chi connectivity index (χ4v) is 3.69. The predicted molar refractivity (Wildman–Crippen MR) is 74.5 cm³/mol. The molecule has 0 aliphatic rings. The lowest BCUT2D eigenvalue weighted by atomic mass is 9.99. The van der Waals surface area contributed by atoms with Crippen LogP contribution in [0.2, 0.25) is 0 Å². The molecule has 0 fully saturated rings. The van der Waals surface area contributed by atoms with E-state index in [1.165, 1.54) is 0 Å². The van der Waals surface area contributed by atoms with E-state index in [0.29, 0.717) is 11.5 Å². The zero-order valence-electron chi connectivity index (χ0n) is 11.7. The number of rotatable bonds is 9. The minimum atomic E-state index is -5.52. The lowest BCUT2D eigenvalue weighted by Gasteiger charge is -2.29. The highest BCUT2D eigenvalue weighted by Gasteiger charge is 2.65. The van der Waals surface area contributed by atoms with Crippen LogP contribution in [0.5, 0.6) is 0 Å². The summed E-state index contributed by atoms with van der Waals surface area (Å²) in [4.78, 5) is 11.1. The van der Waals surface area contributed by atoms with Crippen molar-refractivity contribution in [3.8, 4) is 0 Å². The maximum absolute atomic E-state index is 13.9. The Labute approximate surface area is 127 Å². The van der Waals surface area contributed by atoms with Crippen LogP contribution in [0, 0.1) is 0 Å². The maximum Gasteiger partial charge on any atom is 0.373 e. The number of hydrogen-bond acceptors (Lipinski definition) is 3. The van der Waals surface area contributed by atoms with Gasteiger partial charge in [-0.05, 0) is 18.4 Å². The summed E-state index contributed by atoms with van der Waals surface area (Å²) < 4.78 is 78.6. The Morgan fingerprint density at radius 1 is 1.05 bits per heavy atom. The molecule has 0 atom stereocenters. The lowest BCUT2D eigenvalue weighted by Crippen LogP contribution is -2.48. The first kappa shape index (κ1) is 20.7. The first-order valence-electron chi connectivity index (χ1n) is 6.04. The van der Waals surface area contributed by atoms with Gasteiger partial charge in [-0.1, -0.05) is 13.8 Å². The van der Waals surface area contributed by atoms with E-state index >= 15 is 0 Å². The Bertz CT molecular complexity index is 387. The number of allylic oxidation sites excluding steroid dienone is 1. The monoisotopic (exact) mass is 354 g/mol. The molecule has 0 spiro atoms. The fourth-order valence-electron chi connectivity index (χ4n) is 1.38. The molecule has 9 heteroatoms. The third kappa shape index (κ3) is 5.12. The van der Waals surface area contributed by atoms with Gasteiger partial charge in [0.1, 0.15) is 5.78 Å². The number of carbonyl (C=O) groups is 1. The Hall–Kier alpha value is -0.310. The summed E-state index contributed by atoms with van der Waals surface area (Å²) in [6, 6.07) is 0. The highest BCUT2D eigenvalue weighted by atomic mass is 32.2. The van der Waals surface area contributed by atoms with Crippen LogP contribution in [0.25, 0.3) is 0 Å². The van der Waals surface area contributed by atoms with Gasteiger partial charge in [-0.2, -0.15) is 17.6 Å². The van der Waals surface area contributed by atoms with Crippen molar-refractivity contribution in [3.05, 3.63) is 9.81 Å². The molecule has 0 N–H and O–H groups in total. The largest absolute Gasteiger partial charge is 0.373 e. The number of alkyl halides is 6. The number of ketones is 1. The first-order valence-corrected chi connectivity index (χ1v) is 8.01. The van der Waals surface area contributed by atoms with Gasteiger partial charge in [-0.25, -0.2) is 8.78 Å². The molecule has 0 aliphatic heterocycles. The summed E-state index contributed by atoms with van der Waals surface area (Å²) in [6.45, 7) is 4.16. The normalized spacial score (nSPS) is 12.7. The zero-order valence-corrected chi connectivity index (χ0v) is 13.3. The molecule has 0 aromatic carbocycles. The summed E-state index contributed by atoms with van der Waals surface area (Å²) >= 11 is 1.68. The highest BCUT2D eigenvalue weighted by Crippen LogP contribution is 2.49. The van der Waals surface area contributed by atoms with Gasteiger partial charge >= 0.3 is 18.3 Å². The van der Waals surface area contributed by atoms with E-state index in [2.05, 4.69) is 0 Å². The Morgan fingerprint density at radius 2 is 1.48 bits per heavy atom. The third-order valence-corrected chi connectivity index (χ3v) is 4.60. The van der Waals surface area contributed by atoms with Crippen LogP contribution in [0.15, 0.2) is 9.81 Å². The maximum atomic E-state index is 13.9. The summed E-state index contributed by atoms with van der Waals surface area (Å²) in [5, 5.41) is 0. The molecule has 0 aromatic rings. The van der Waals surface area contributed by atoms with Gasteiger partial charge in [-0.15, -0.1) is 23.5 Å². The van der Waals surface area contributed by atoms with Gasteiger partial charge in [0.25, 0.3) is 0 Å². The average molecular weight is 354 g/mol. The topological polar surface area (TPSA) is 17.1 Å². The Balaban J connectivity index is 5.99. The second kappa shape index (κ2) is 8.36. The van der Waals surface area contributed by atoms with Gasteiger partial charge < -0.3 is 0 Å². The van der Waals surface area contributed by atoms with Crippen molar-refractivity contribution in [2.45, 2.75) is 45.5 Å². The first-order chi connectivity index (χ1) is 9.52. The fraction of sp³-hybridized carbons (Fsp3) is 0.750. The number of halogens is 6. The molecule has 0 aromatic heterocycles. The van der Waals surface area contributed by atoms with Crippen molar-refractivity contribution in [3.63, 3.8) is 0 Å². The number of thioether (sulfide) groups is 2. The Morgan fingerprint density at radius 3 is 1.76 bits per heavy atom. The van der Waals surface area contributed by atoms with Crippen molar-refractivity contribution in [1.82, 2.24) is 0 Å². The van der Waals surface area contributed by atoms with Gasteiger partial charge in [0.2, 0.25) is 0 Å². The standard InChI is InChI=1S/C12H16F6OS2/c1-4-20-9(21-5-2)8(6-7(3)19)11(15,16)12(17,18)10(13)14/h10H,4-6H2,1-3H3. The van der Waals surface area contributed by atoms with Crippen molar-refractivity contribution < 1.29 is 31.1 Å². The summed E-state index contributed by atoms with van der Waals surface area (Å²) in [6.07, 6.45) is -5.50. The van der Waals surface area contributed by atoms with E-state index in [-0.39, 0.29) is 4.24 Å². The smallest absolute Gasteiger partial charge is 0.300 e. The summed E-state index contributed by atoms with van der Waals surface area (Å²) in [7, 11) is 0. The van der Waals surface area contributed by atoms with Crippen LogP contribution >= 0.6 is 23.5 Å². The molecule has 0 saturated carbocycles. The molecule has 1 nitrogen and oxygen atoms in total. The molecule has 0 radical (unpaired) electrons.